The zero-order valence-electron chi connectivity index (χ0n) is 18.8. The highest BCUT2D eigenvalue weighted by Crippen LogP contribution is 2.23. The van der Waals surface area contributed by atoms with Crippen molar-refractivity contribution < 1.29 is 32.3 Å². The van der Waals surface area contributed by atoms with Crippen molar-refractivity contribution in [3.8, 4) is 0 Å². The molecule has 2 aromatic rings. The topological polar surface area (TPSA) is 135 Å². The van der Waals surface area contributed by atoms with E-state index in [4.69, 9.17) is 9.47 Å². The number of aromatic nitrogens is 1. The van der Waals surface area contributed by atoms with Crippen LogP contribution in [0.4, 0.5) is 5.69 Å². The van der Waals surface area contributed by atoms with Gasteiger partial charge < -0.3 is 19.8 Å². The smallest absolute Gasteiger partial charge is 0.355 e. The second-order valence-electron chi connectivity index (χ2n) is 7.61. The Morgan fingerprint density at radius 2 is 1.79 bits per heavy atom. The number of hydrogen-bond donors (Lipinski definition) is 2. The molecule has 0 bridgehead atoms. The summed E-state index contributed by atoms with van der Waals surface area (Å²) in [5, 5.41) is 2.53. The summed E-state index contributed by atoms with van der Waals surface area (Å²) in [5.41, 5.74) is 1.41. The average molecular weight is 478 g/mol. The van der Waals surface area contributed by atoms with Crippen molar-refractivity contribution in [3.63, 3.8) is 0 Å². The number of aryl methyl sites for hydroxylation is 1. The Balaban J connectivity index is 1.63. The van der Waals surface area contributed by atoms with Gasteiger partial charge in [-0.15, -0.1) is 0 Å². The molecule has 2 heterocycles. The molecule has 0 saturated carbocycles. The minimum atomic E-state index is -3.62. The lowest BCUT2D eigenvalue weighted by Gasteiger charge is -2.16. The first-order chi connectivity index (χ1) is 15.6. The lowest BCUT2D eigenvalue weighted by molar-refractivity contribution is -0.119. The van der Waals surface area contributed by atoms with Gasteiger partial charge >= 0.3 is 11.9 Å². The first-order valence-electron chi connectivity index (χ1n) is 10.6. The summed E-state index contributed by atoms with van der Waals surface area (Å²) < 4.78 is 36.9. The van der Waals surface area contributed by atoms with Gasteiger partial charge in [-0.05, 0) is 57.4 Å². The first-order valence-corrected chi connectivity index (χ1v) is 12.0. The number of aromatic amines is 1. The number of carbonyl (C=O) groups excluding carboxylic acids is 3. The van der Waals surface area contributed by atoms with E-state index in [1.54, 1.807) is 26.8 Å². The van der Waals surface area contributed by atoms with E-state index < -0.39 is 34.5 Å². The number of hydrogen-bond acceptors (Lipinski definition) is 7. The van der Waals surface area contributed by atoms with Crippen LogP contribution in [-0.4, -0.2) is 61.9 Å². The number of esters is 2. The molecule has 1 amide bonds. The van der Waals surface area contributed by atoms with Crippen LogP contribution in [0.15, 0.2) is 29.2 Å². The molecule has 1 aliphatic heterocycles. The van der Waals surface area contributed by atoms with Crippen LogP contribution < -0.4 is 5.32 Å². The number of benzene rings is 1. The molecule has 3 rings (SSSR count). The highest BCUT2D eigenvalue weighted by atomic mass is 32.2. The molecular weight excluding hydrogens is 450 g/mol. The number of carbonyl (C=O) groups is 3. The molecule has 11 heteroatoms. The Morgan fingerprint density at radius 3 is 2.45 bits per heavy atom. The van der Waals surface area contributed by atoms with Gasteiger partial charge in [-0.2, -0.15) is 4.31 Å². The van der Waals surface area contributed by atoms with Gasteiger partial charge in [0, 0.05) is 24.5 Å². The van der Waals surface area contributed by atoms with Gasteiger partial charge in [0.15, 0.2) is 6.61 Å². The van der Waals surface area contributed by atoms with E-state index in [9.17, 15) is 22.8 Å². The summed E-state index contributed by atoms with van der Waals surface area (Å²) in [7, 11) is -3.62. The SMILES string of the molecule is CCOC(=O)c1c(C)[nH]c(C(=O)OCC(=O)Nc2cccc(S(=O)(=O)N3CCCC3)c2)c1C. The maximum Gasteiger partial charge on any atom is 0.355 e. The van der Waals surface area contributed by atoms with Gasteiger partial charge in [-0.25, -0.2) is 18.0 Å². The summed E-state index contributed by atoms with van der Waals surface area (Å²) in [6.45, 7) is 5.46. The molecule has 0 atom stereocenters. The molecule has 2 N–H and O–H groups in total. The fourth-order valence-corrected chi connectivity index (χ4v) is 5.24. The highest BCUT2D eigenvalue weighted by Gasteiger charge is 2.27. The number of nitrogens with zero attached hydrogens (tertiary/aromatic N) is 1. The van der Waals surface area contributed by atoms with Crippen LogP contribution in [0.1, 0.15) is 51.9 Å². The zero-order chi connectivity index (χ0) is 24.2. The molecule has 1 fully saturated rings. The van der Waals surface area contributed by atoms with E-state index in [-0.39, 0.29) is 28.4 Å². The van der Waals surface area contributed by atoms with Gasteiger partial charge in [0.25, 0.3) is 5.91 Å². The number of rotatable bonds is 8. The molecule has 0 unspecified atom stereocenters. The van der Waals surface area contributed by atoms with Gasteiger partial charge in [-0.1, -0.05) is 6.07 Å². The van der Waals surface area contributed by atoms with Crippen molar-refractivity contribution in [1.82, 2.24) is 9.29 Å². The third-order valence-electron chi connectivity index (χ3n) is 5.28. The number of sulfonamides is 1. The standard InChI is InChI=1S/C22H27N3O7S/c1-4-31-21(27)19-14(2)20(23-15(19)3)22(28)32-13-18(26)24-16-8-7-9-17(12-16)33(29,30)25-10-5-6-11-25/h7-9,12,23H,4-6,10-11,13H2,1-3H3,(H,24,26). The number of anilines is 1. The molecule has 0 radical (unpaired) electrons. The minimum Gasteiger partial charge on any atom is -0.462 e. The predicted molar refractivity (Wildman–Crippen MR) is 120 cm³/mol. The highest BCUT2D eigenvalue weighted by molar-refractivity contribution is 7.89. The van der Waals surface area contributed by atoms with Crippen LogP contribution in [0.3, 0.4) is 0 Å². The second-order valence-corrected chi connectivity index (χ2v) is 9.55. The maximum atomic E-state index is 12.7. The van der Waals surface area contributed by atoms with Gasteiger partial charge in [-0.3, -0.25) is 4.79 Å². The fourth-order valence-electron chi connectivity index (χ4n) is 3.68. The quantitative estimate of drug-likeness (QED) is 0.557. The summed E-state index contributed by atoms with van der Waals surface area (Å²) >= 11 is 0. The third kappa shape index (κ3) is 5.42. The van der Waals surface area contributed by atoms with Crippen LogP contribution in [-0.2, 0) is 24.3 Å². The van der Waals surface area contributed by atoms with Gasteiger partial charge in [0.2, 0.25) is 10.0 Å². The van der Waals surface area contributed by atoms with E-state index in [0.29, 0.717) is 24.3 Å². The van der Waals surface area contributed by atoms with Crippen molar-refractivity contribution in [1.29, 1.82) is 0 Å². The predicted octanol–water partition coefficient (Wildman–Crippen LogP) is 2.39. The fraction of sp³-hybridized carbons (Fsp3) is 0.409. The molecule has 10 nitrogen and oxygen atoms in total. The lowest BCUT2D eigenvalue weighted by atomic mass is 10.1. The summed E-state index contributed by atoms with van der Waals surface area (Å²) in [4.78, 5) is 39.7. The molecular formula is C22H27N3O7S. The number of amides is 1. The van der Waals surface area contributed by atoms with Crippen molar-refractivity contribution in [3.05, 3.63) is 46.8 Å². The monoisotopic (exact) mass is 477 g/mol. The van der Waals surface area contributed by atoms with Crippen LogP contribution in [0, 0.1) is 13.8 Å². The molecule has 0 aliphatic carbocycles. The van der Waals surface area contributed by atoms with Crippen molar-refractivity contribution >= 4 is 33.6 Å². The molecule has 1 aliphatic rings. The molecule has 1 aromatic carbocycles. The Bertz CT molecular complexity index is 1160. The van der Waals surface area contributed by atoms with Gasteiger partial charge in [0.05, 0.1) is 17.1 Å². The number of H-pyrrole nitrogens is 1. The van der Waals surface area contributed by atoms with E-state index in [1.807, 2.05) is 0 Å². The van der Waals surface area contributed by atoms with E-state index >= 15 is 0 Å². The molecule has 1 aromatic heterocycles. The van der Waals surface area contributed by atoms with E-state index in [0.717, 1.165) is 12.8 Å². The maximum absolute atomic E-state index is 12.7. The summed E-state index contributed by atoms with van der Waals surface area (Å²) in [6, 6.07) is 5.93. The average Bonchev–Trinajstić information content (AvgIpc) is 3.41. The molecule has 178 valence electrons. The summed E-state index contributed by atoms with van der Waals surface area (Å²) in [6.07, 6.45) is 1.64. The van der Waals surface area contributed by atoms with Crippen LogP contribution >= 0.6 is 0 Å². The number of ether oxygens (including phenoxy) is 2. The van der Waals surface area contributed by atoms with Gasteiger partial charge in [0.1, 0.15) is 5.69 Å². The van der Waals surface area contributed by atoms with E-state index in [1.165, 1.54) is 22.5 Å². The first kappa shape index (κ1) is 24.5. The van der Waals surface area contributed by atoms with Crippen LogP contribution in [0.5, 0.6) is 0 Å². The largest absolute Gasteiger partial charge is 0.462 e. The van der Waals surface area contributed by atoms with E-state index in [2.05, 4.69) is 10.3 Å². The van der Waals surface area contributed by atoms with Crippen LogP contribution in [0.2, 0.25) is 0 Å². The molecule has 1 saturated heterocycles. The lowest BCUT2D eigenvalue weighted by Crippen LogP contribution is -2.28. The third-order valence-corrected chi connectivity index (χ3v) is 7.17. The molecule has 0 spiro atoms. The zero-order valence-corrected chi connectivity index (χ0v) is 19.6. The minimum absolute atomic E-state index is 0.0575. The normalized spacial score (nSPS) is 14.2. The van der Waals surface area contributed by atoms with Crippen molar-refractivity contribution in [2.45, 2.75) is 38.5 Å². The Labute approximate surface area is 192 Å². The second kappa shape index (κ2) is 10.2. The number of nitrogens with one attached hydrogen (secondary N) is 2. The Hall–Kier alpha value is -3.18. The van der Waals surface area contributed by atoms with Crippen molar-refractivity contribution in [2.75, 3.05) is 31.6 Å². The Morgan fingerprint density at radius 1 is 1.09 bits per heavy atom. The molecule has 33 heavy (non-hydrogen) atoms. The summed E-state index contributed by atoms with van der Waals surface area (Å²) in [5.74, 6) is -1.98. The van der Waals surface area contributed by atoms with Crippen molar-refractivity contribution in [2.24, 2.45) is 0 Å². The van der Waals surface area contributed by atoms with Crippen LogP contribution in [0.25, 0.3) is 0 Å². The Kier molecular flexibility index (Phi) is 7.54.